The number of ether oxygens (including phenoxy) is 1. The van der Waals surface area contributed by atoms with Crippen molar-refractivity contribution in [2.24, 2.45) is 0 Å². The second-order valence-corrected chi connectivity index (χ2v) is 7.79. The summed E-state index contributed by atoms with van der Waals surface area (Å²) in [6.45, 7) is 5.75. The Morgan fingerprint density at radius 1 is 0.875 bits per heavy atom. The molecule has 1 heterocycles. The number of para-hydroxylation sites is 1. The van der Waals surface area contributed by atoms with Crippen LogP contribution in [0.4, 0.5) is 15.8 Å². The molecule has 1 aliphatic heterocycles. The summed E-state index contributed by atoms with van der Waals surface area (Å²) >= 11 is 0. The number of benzene rings is 3. The van der Waals surface area contributed by atoms with Gasteiger partial charge in [-0.25, -0.2) is 9.29 Å². The minimum atomic E-state index is -0.649. The highest BCUT2D eigenvalue weighted by atomic mass is 19.1. The second-order valence-electron chi connectivity index (χ2n) is 7.79. The van der Waals surface area contributed by atoms with Crippen molar-refractivity contribution in [3.05, 3.63) is 94.4 Å². The van der Waals surface area contributed by atoms with Crippen molar-refractivity contribution in [2.45, 2.75) is 20.8 Å². The van der Waals surface area contributed by atoms with E-state index in [1.54, 1.807) is 12.1 Å². The molecule has 0 spiro atoms. The summed E-state index contributed by atoms with van der Waals surface area (Å²) in [6.07, 6.45) is 0. The monoisotopic (exact) mass is 430 g/mol. The molecular weight excluding hydrogens is 407 g/mol. The quantitative estimate of drug-likeness (QED) is 0.569. The first kappa shape index (κ1) is 21.3. The standard InChI is InChI=1S/C26H23FN2O3/c1-15-9-11-18(17(3)13-15)23-24(28-20-14-16(2)10-12-22(20)32-4)26(31)29(25(23)30)21-8-6-5-7-19(21)27/h5-14,28H,1-4H3. The van der Waals surface area contributed by atoms with Gasteiger partial charge in [0, 0.05) is 0 Å². The molecule has 0 unspecified atom stereocenters. The van der Waals surface area contributed by atoms with Gasteiger partial charge in [0.2, 0.25) is 0 Å². The molecule has 4 rings (SSSR count). The van der Waals surface area contributed by atoms with Gasteiger partial charge in [0.25, 0.3) is 11.8 Å². The highest BCUT2D eigenvalue weighted by Crippen LogP contribution is 2.37. The summed E-state index contributed by atoms with van der Waals surface area (Å²) in [7, 11) is 1.53. The number of anilines is 2. The highest BCUT2D eigenvalue weighted by molar-refractivity contribution is 6.46. The maximum atomic E-state index is 14.6. The molecule has 3 aromatic carbocycles. The van der Waals surface area contributed by atoms with Gasteiger partial charge < -0.3 is 10.1 Å². The summed E-state index contributed by atoms with van der Waals surface area (Å²) in [5.74, 6) is -1.34. The van der Waals surface area contributed by atoms with Crippen LogP contribution in [0.25, 0.3) is 5.57 Å². The lowest BCUT2D eigenvalue weighted by atomic mass is 9.97. The lowest BCUT2D eigenvalue weighted by Gasteiger charge is -2.16. The van der Waals surface area contributed by atoms with E-state index in [9.17, 15) is 14.0 Å². The zero-order valence-corrected chi connectivity index (χ0v) is 18.3. The lowest BCUT2D eigenvalue weighted by Crippen LogP contribution is -2.33. The van der Waals surface area contributed by atoms with E-state index in [0.717, 1.165) is 21.6 Å². The van der Waals surface area contributed by atoms with Crippen LogP contribution in [0.3, 0.4) is 0 Å². The summed E-state index contributed by atoms with van der Waals surface area (Å²) in [5, 5.41) is 3.11. The van der Waals surface area contributed by atoms with Gasteiger partial charge in [-0.3, -0.25) is 9.59 Å². The topological polar surface area (TPSA) is 58.6 Å². The molecule has 6 heteroatoms. The molecule has 1 aliphatic rings. The predicted molar refractivity (Wildman–Crippen MR) is 123 cm³/mol. The normalized spacial score (nSPS) is 13.7. The number of aryl methyl sites for hydroxylation is 3. The number of rotatable bonds is 5. The van der Waals surface area contributed by atoms with Gasteiger partial charge in [0.15, 0.2) is 0 Å². The molecule has 0 saturated heterocycles. The molecule has 3 aromatic rings. The Balaban J connectivity index is 1.91. The molecule has 0 atom stereocenters. The van der Waals surface area contributed by atoms with Gasteiger partial charge in [0.1, 0.15) is 17.3 Å². The molecule has 0 bridgehead atoms. The highest BCUT2D eigenvalue weighted by Gasteiger charge is 2.42. The van der Waals surface area contributed by atoms with Gasteiger partial charge >= 0.3 is 0 Å². The van der Waals surface area contributed by atoms with Crippen LogP contribution in [-0.2, 0) is 9.59 Å². The van der Waals surface area contributed by atoms with Crippen LogP contribution in [0.2, 0.25) is 0 Å². The molecule has 32 heavy (non-hydrogen) atoms. The number of hydrogen-bond acceptors (Lipinski definition) is 4. The third kappa shape index (κ3) is 3.64. The Hall–Kier alpha value is -3.93. The molecule has 0 fully saturated rings. The number of carbonyl (C=O) groups is 2. The summed E-state index contributed by atoms with van der Waals surface area (Å²) < 4.78 is 20.0. The third-order valence-corrected chi connectivity index (χ3v) is 5.44. The first-order valence-electron chi connectivity index (χ1n) is 10.2. The average Bonchev–Trinajstić information content (AvgIpc) is 2.99. The fourth-order valence-corrected chi connectivity index (χ4v) is 3.90. The lowest BCUT2D eigenvalue weighted by molar-refractivity contribution is -0.120. The molecule has 5 nitrogen and oxygen atoms in total. The summed E-state index contributed by atoms with van der Waals surface area (Å²) in [4.78, 5) is 27.9. The van der Waals surface area contributed by atoms with E-state index in [1.807, 2.05) is 51.1 Å². The number of amides is 2. The number of nitrogens with one attached hydrogen (secondary N) is 1. The molecular formula is C26H23FN2O3. The smallest absolute Gasteiger partial charge is 0.282 e. The number of carbonyl (C=O) groups excluding carboxylic acids is 2. The van der Waals surface area contributed by atoms with E-state index in [1.165, 1.54) is 25.3 Å². The Morgan fingerprint density at radius 2 is 1.56 bits per heavy atom. The SMILES string of the molecule is COc1ccc(C)cc1NC1=C(c2ccc(C)cc2C)C(=O)N(c2ccccc2F)C1=O. The van der Waals surface area contributed by atoms with Crippen molar-refractivity contribution in [1.82, 2.24) is 0 Å². The van der Waals surface area contributed by atoms with Gasteiger partial charge in [-0.1, -0.05) is 42.0 Å². The van der Waals surface area contributed by atoms with E-state index in [-0.39, 0.29) is 17.0 Å². The van der Waals surface area contributed by atoms with Crippen LogP contribution in [0.15, 0.2) is 66.4 Å². The fourth-order valence-electron chi connectivity index (χ4n) is 3.90. The van der Waals surface area contributed by atoms with E-state index < -0.39 is 17.6 Å². The number of nitrogens with zero attached hydrogens (tertiary/aromatic N) is 1. The number of imide groups is 1. The van der Waals surface area contributed by atoms with Crippen LogP contribution < -0.4 is 15.0 Å². The van der Waals surface area contributed by atoms with Gasteiger partial charge in [-0.05, 0) is 61.7 Å². The minimum Gasteiger partial charge on any atom is -0.495 e. The van der Waals surface area contributed by atoms with Crippen LogP contribution in [0.1, 0.15) is 22.3 Å². The Morgan fingerprint density at radius 3 is 2.25 bits per heavy atom. The first-order valence-corrected chi connectivity index (χ1v) is 10.2. The number of methoxy groups -OCH3 is 1. The number of halogens is 1. The predicted octanol–water partition coefficient (Wildman–Crippen LogP) is 5.16. The molecule has 0 radical (unpaired) electrons. The van der Waals surface area contributed by atoms with Crippen LogP contribution in [0, 0.1) is 26.6 Å². The molecule has 2 amide bonds. The number of hydrogen-bond donors (Lipinski definition) is 1. The van der Waals surface area contributed by atoms with Crippen molar-refractivity contribution in [1.29, 1.82) is 0 Å². The van der Waals surface area contributed by atoms with E-state index >= 15 is 0 Å². The molecule has 0 saturated carbocycles. The maximum absolute atomic E-state index is 14.6. The largest absolute Gasteiger partial charge is 0.495 e. The maximum Gasteiger partial charge on any atom is 0.282 e. The average molecular weight is 430 g/mol. The Kier molecular flexibility index (Phi) is 5.53. The van der Waals surface area contributed by atoms with Crippen molar-refractivity contribution < 1.29 is 18.7 Å². The first-order chi connectivity index (χ1) is 15.3. The summed E-state index contributed by atoms with van der Waals surface area (Å²) in [6, 6.07) is 16.9. The minimum absolute atomic E-state index is 0.0779. The molecule has 162 valence electrons. The fraction of sp³-hybridized carbons (Fsp3) is 0.154. The van der Waals surface area contributed by atoms with E-state index in [4.69, 9.17) is 4.74 Å². The van der Waals surface area contributed by atoms with Gasteiger partial charge in [-0.15, -0.1) is 0 Å². The van der Waals surface area contributed by atoms with Crippen molar-refractivity contribution >= 4 is 28.8 Å². The van der Waals surface area contributed by atoms with Crippen LogP contribution >= 0.6 is 0 Å². The molecule has 0 aliphatic carbocycles. The van der Waals surface area contributed by atoms with Gasteiger partial charge in [-0.2, -0.15) is 0 Å². The van der Waals surface area contributed by atoms with Crippen molar-refractivity contribution in [3.63, 3.8) is 0 Å². The molecule has 1 N–H and O–H groups in total. The van der Waals surface area contributed by atoms with E-state index in [2.05, 4.69) is 5.32 Å². The Bertz CT molecular complexity index is 1280. The van der Waals surface area contributed by atoms with Crippen molar-refractivity contribution in [2.75, 3.05) is 17.3 Å². The summed E-state index contributed by atoms with van der Waals surface area (Å²) in [5.41, 5.74) is 4.16. The van der Waals surface area contributed by atoms with Crippen LogP contribution in [-0.4, -0.2) is 18.9 Å². The Labute approximate surface area is 186 Å². The second kappa shape index (κ2) is 8.30. The van der Waals surface area contributed by atoms with Gasteiger partial charge in [0.05, 0.1) is 24.1 Å². The molecule has 0 aromatic heterocycles. The zero-order valence-electron chi connectivity index (χ0n) is 18.3. The third-order valence-electron chi connectivity index (χ3n) is 5.44. The van der Waals surface area contributed by atoms with E-state index in [0.29, 0.717) is 17.0 Å². The zero-order chi connectivity index (χ0) is 23.0. The van der Waals surface area contributed by atoms with Crippen LogP contribution in [0.5, 0.6) is 5.75 Å². The van der Waals surface area contributed by atoms with Crippen molar-refractivity contribution in [3.8, 4) is 5.75 Å².